The van der Waals surface area contributed by atoms with Crippen molar-refractivity contribution < 1.29 is 9.18 Å². The summed E-state index contributed by atoms with van der Waals surface area (Å²) in [5.74, 6) is 0.245. The van der Waals surface area contributed by atoms with Gasteiger partial charge in [-0.05, 0) is 67.2 Å². The van der Waals surface area contributed by atoms with Crippen LogP contribution >= 0.6 is 0 Å². The molecule has 1 aromatic carbocycles. The molecule has 1 fully saturated rings. The third-order valence-corrected chi connectivity index (χ3v) is 5.28. The normalized spacial score (nSPS) is 15.9. The molecule has 6 heteroatoms. The topological polar surface area (TPSA) is 61.0 Å². The number of hydrogen-bond donors (Lipinski definition) is 2. The number of halogens is 1. The number of amides is 1. The SMILES string of the molecule is O=C(CN1CCC(c2c[nH]c3ncccc23)CC1)NCc1ccc(F)cc1. The number of rotatable bonds is 5. The Morgan fingerprint density at radius 1 is 1.22 bits per heavy atom. The predicted molar refractivity (Wildman–Crippen MR) is 103 cm³/mol. The monoisotopic (exact) mass is 366 g/mol. The molecule has 1 amide bonds. The van der Waals surface area contributed by atoms with E-state index >= 15 is 0 Å². The van der Waals surface area contributed by atoms with Gasteiger partial charge in [-0.25, -0.2) is 9.37 Å². The van der Waals surface area contributed by atoms with Crippen LogP contribution in [0.1, 0.15) is 29.9 Å². The third-order valence-electron chi connectivity index (χ3n) is 5.28. The zero-order chi connectivity index (χ0) is 18.6. The first-order valence-corrected chi connectivity index (χ1v) is 9.34. The van der Waals surface area contributed by atoms with E-state index < -0.39 is 0 Å². The first-order chi connectivity index (χ1) is 13.2. The molecule has 0 spiro atoms. The highest BCUT2D eigenvalue weighted by Gasteiger charge is 2.24. The van der Waals surface area contributed by atoms with Gasteiger partial charge in [-0.15, -0.1) is 0 Å². The highest BCUT2D eigenvalue weighted by atomic mass is 19.1. The van der Waals surface area contributed by atoms with Crippen molar-refractivity contribution in [2.75, 3.05) is 19.6 Å². The minimum atomic E-state index is -0.265. The van der Waals surface area contributed by atoms with Crippen LogP contribution in [0.4, 0.5) is 4.39 Å². The summed E-state index contributed by atoms with van der Waals surface area (Å²) in [4.78, 5) is 22.0. The van der Waals surface area contributed by atoms with Crippen molar-refractivity contribution >= 4 is 16.9 Å². The number of benzene rings is 1. The van der Waals surface area contributed by atoms with Gasteiger partial charge in [0.05, 0.1) is 6.54 Å². The van der Waals surface area contributed by atoms with Crippen LogP contribution in [0.5, 0.6) is 0 Å². The molecular formula is C21H23FN4O. The number of aromatic amines is 1. The van der Waals surface area contributed by atoms with E-state index in [0.29, 0.717) is 19.0 Å². The molecule has 0 radical (unpaired) electrons. The molecule has 2 N–H and O–H groups in total. The Kier molecular flexibility index (Phi) is 5.16. The van der Waals surface area contributed by atoms with Crippen LogP contribution in [-0.4, -0.2) is 40.4 Å². The number of piperidine rings is 1. The van der Waals surface area contributed by atoms with E-state index in [0.717, 1.165) is 37.1 Å². The molecule has 1 saturated heterocycles. The lowest BCUT2D eigenvalue weighted by Crippen LogP contribution is -2.41. The lowest BCUT2D eigenvalue weighted by molar-refractivity contribution is -0.122. The van der Waals surface area contributed by atoms with Gasteiger partial charge in [0.15, 0.2) is 0 Å². The van der Waals surface area contributed by atoms with Gasteiger partial charge in [0.25, 0.3) is 0 Å². The fraction of sp³-hybridized carbons (Fsp3) is 0.333. The van der Waals surface area contributed by atoms with Gasteiger partial charge in [0.2, 0.25) is 5.91 Å². The summed E-state index contributed by atoms with van der Waals surface area (Å²) in [6, 6.07) is 10.3. The molecule has 1 aliphatic heterocycles. The summed E-state index contributed by atoms with van der Waals surface area (Å²) < 4.78 is 12.9. The largest absolute Gasteiger partial charge is 0.351 e. The predicted octanol–water partition coefficient (Wildman–Crippen LogP) is 3.20. The molecule has 0 atom stereocenters. The molecule has 4 rings (SSSR count). The first-order valence-electron chi connectivity index (χ1n) is 9.34. The second kappa shape index (κ2) is 7.88. The molecule has 1 aliphatic rings. The maximum atomic E-state index is 12.9. The number of nitrogens with zero attached hydrogens (tertiary/aromatic N) is 2. The number of fused-ring (bicyclic) bond motifs is 1. The average molecular weight is 366 g/mol. The Morgan fingerprint density at radius 2 is 2.00 bits per heavy atom. The summed E-state index contributed by atoms with van der Waals surface area (Å²) >= 11 is 0. The van der Waals surface area contributed by atoms with Crippen LogP contribution in [0.25, 0.3) is 11.0 Å². The zero-order valence-electron chi connectivity index (χ0n) is 15.1. The molecule has 27 heavy (non-hydrogen) atoms. The van der Waals surface area contributed by atoms with Gasteiger partial charge in [0.1, 0.15) is 11.5 Å². The van der Waals surface area contributed by atoms with Crippen molar-refractivity contribution in [3.8, 4) is 0 Å². The zero-order valence-corrected chi connectivity index (χ0v) is 15.1. The molecular weight excluding hydrogens is 343 g/mol. The number of aromatic nitrogens is 2. The standard InChI is InChI=1S/C21H23FN4O/c22-17-5-3-15(4-6-17)12-24-20(27)14-26-10-7-16(8-11-26)19-13-25-21-18(19)2-1-9-23-21/h1-6,9,13,16H,7-8,10-12,14H2,(H,23,25)(H,24,27). The fourth-order valence-electron chi connectivity index (χ4n) is 3.78. The smallest absolute Gasteiger partial charge is 0.234 e. The van der Waals surface area contributed by atoms with Crippen LogP contribution < -0.4 is 5.32 Å². The van der Waals surface area contributed by atoms with Gasteiger partial charge in [-0.2, -0.15) is 0 Å². The van der Waals surface area contributed by atoms with Gasteiger partial charge >= 0.3 is 0 Å². The van der Waals surface area contributed by atoms with Gasteiger partial charge in [-0.3, -0.25) is 9.69 Å². The van der Waals surface area contributed by atoms with Crippen LogP contribution in [0, 0.1) is 5.82 Å². The van der Waals surface area contributed by atoms with Crippen LogP contribution in [0.2, 0.25) is 0 Å². The van der Waals surface area contributed by atoms with Gasteiger partial charge < -0.3 is 10.3 Å². The molecule has 2 aromatic heterocycles. The molecule has 0 saturated carbocycles. The number of carbonyl (C=O) groups excluding carboxylic acids is 1. The lowest BCUT2D eigenvalue weighted by atomic mass is 9.89. The van der Waals surface area contributed by atoms with Crippen molar-refractivity contribution in [3.63, 3.8) is 0 Å². The molecule has 140 valence electrons. The van der Waals surface area contributed by atoms with E-state index in [1.54, 1.807) is 18.3 Å². The number of pyridine rings is 1. The maximum Gasteiger partial charge on any atom is 0.234 e. The Balaban J connectivity index is 1.26. The Hall–Kier alpha value is -2.73. The first kappa shape index (κ1) is 17.7. The molecule has 3 aromatic rings. The highest BCUT2D eigenvalue weighted by Crippen LogP contribution is 2.32. The maximum absolute atomic E-state index is 12.9. The summed E-state index contributed by atoms with van der Waals surface area (Å²) in [7, 11) is 0. The van der Waals surface area contributed by atoms with E-state index in [-0.39, 0.29) is 11.7 Å². The van der Waals surface area contributed by atoms with E-state index in [1.165, 1.54) is 23.1 Å². The molecule has 0 aliphatic carbocycles. The van der Waals surface area contributed by atoms with E-state index in [4.69, 9.17) is 0 Å². The quantitative estimate of drug-likeness (QED) is 0.729. The number of likely N-dealkylation sites (tertiary alicyclic amines) is 1. The summed E-state index contributed by atoms with van der Waals surface area (Å²) in [6.07, 6.45) is 5.95. The Labute approximate surface area is 157 Å². The minimum absolute atomic E-state index is 0.00840. The second-order valence-electron chi connectivity index (χ2n) is 7.10. The molecule has 3 heterocycles. The summed E-state index contributed by atoms with van der Waals surface area (Å²) in [5.41, 5.74) is 3.17. The highest BCUT2D eigenvalue weighted by molar-refractivity contribution is 5.80. The fourth-order valence-corrected chi connectivity index (χ4v) is 3.78. The van der Waals surface area contributed by atoms with Gasteiger partial charge in [0, 0.05) is 24.3 Å². The number of H-pyrrole nitrogens is 1. The van der Waals surface area contributed by atoms with Crippen LogP contribution in [0.3, 0.4) is 0 Å². The molecule has 0 unspecified atom stereocenters. The van der Waals surface area contributed by atoms with Crippen LogP contribution in [0.15, 0.2) is 48.8 Å². The molecule has 5 nitrogen and oxygen atoms in total. The van der Waals surface area contributed by atoms with E-state index in [9.17, 15) is 9.18 Å². The average Bonchev–Trinajstić information content (AvgIpc) is 3.12. The Bertz CT molecular complexity index is 913. The minimum Gasteiger partial charge on any atom is -0.351 e. The van der Waals surface area contributed by atoms with Crippen molar-refractivity contribution in [1.82, 2.24) is 20.2 Å². The third kappa shape index (κ3) is 4.17. The Morgan fingerprint density at radius 3 is 2.78 bits per heavy atom. The second-order valence-corrected chi connectivity index (χ2v) is 7.10. The molecule has 0 bridgehead atoms. The van der Waals surface area contributed by atoms with E-state index in [1.807, 2.05) is 6.07 Å². The number of nitrogens with one attached hydrogen (secondary N) is 2. The lowest BCUT2D eigenvalue weighted by Gasteiger charge is -2.31. The van der Waals surface area contributed by atoms with Crippen molar-refractivity contribution in [1.29, 1.82) is 0 Å². The van der Waals surface area contributed by atoms with Crippen molar-refractivity contribution in [3.05, 3.63) is 65.7 Å². The van der Waals surface area contributed by atoms with Crippen LogP contribution in [-0.2, 0) is 11.3 Å². The number of hydrogen-bond acceptors (Lipinski definition) is 3. The van der Waals surface area contributed by atoms with Gasteiger partial charge in [-0.1, -0.05) is 12.1 Å². The van der Waals surface area contributed by atoms with Crippen molar-refractivity contribution in [2.24, 2.45) is 0 Å². The summed E-state index contributed by atoms with van der Waals surface area (Å²) in [5, 5.41) is 4.11. The van der Waals surface area contributed by atoms with E-state index in [2.05, 4.69) is 32.4 Å². The summed E-state index contributed by atoms with van der Waals surface area (Å²) in [6.45, 7) is 2.64. The number of carbonyl (C=O) groups is 1. The van der Waals surface area contributed by atoms with Crippen molar-refractivity contribution in [2.45, 2.75) is 25.3 Å².